The Morgan fingerprint density at radius 2 is 1.19 bits per heavy atom. The highest BCUT2D eigenvalue weighted by atomic mass is 31.1. The Balaban J connectivity index is 3.25. The second kappa shape index (κ2) is 8.40. The molecule has 1 unspecified atom stereocenters. The maximum Gasteiger partial charge on any atom is 0.0478 e. The quantitative estimate of drug-likeness (QED) is 0.453. The molecule has 0 radical (unpaired) electrons. The lowest BCUT2D eigenvalue weighted by Crippen LogP contribution is -2.28. The van der Waals surface area contributed by atoms with Gasteiger partial charge in [-0.2, -0.15) is 0 Å². The summed E-state index contributed by atoms with van der Waals surface area (Å²) < 4.78 is 0. The van der Waals surface area contributed by atoms with Crippen molar-refractivity contribution in [1.82, 2.24) is 4.98 Å². The normalized spacial score (nSPS) is 15.5. The van der Waals surface area contributed by atoms with Gasteiger partial charge in [-0.1, -0.05) is 112 Å². The molecule has 0 aliphatic heterocycles. The highest BCUT2D eigenvalue weighted by Crippen LogP contribution is 2.67. The molecule has 1 rings (SSSR count). The lowest BCUT2D eigenvalue weighted by atomic mass is 10.2. The molecule has 0 aliphatic rings. The van der Waals surface area contributed by atoms with Crippen LogP contribution >= 0.6 is 15.8 Å². The third kappa shape index (κ3) is 7.08. The monoisotopic (exact) mass is 409 g/mol. The van der Waals surface area contributed by atoms with Crippen molar-refractivity contribution in [3.63, 3.8) is 0 Å². The van der Waals surface area contributed by atoms with E-state index in [1.807, 2.05) is 0 Å². The topological polar surface area (TPSA) is 12.9 Å². The zero-order valence-electron chi connectivity index (χ0n) is 20.4. The molecule has 156 valence electrons. The van der Waals surface area contributed by atoms with E-state index in [9.17, 15) is 0 Å². The Hall–Kier alpha value is 0.01000. The van der Waals surface area contributed by atoms with Gasteiger partial charge in [-0.25, -0.2) is 0 Å². The maximum absolute atomic E-state index is 5.22. The lowest BCUT2D eigenvalue weighted by molar-refractivity contribution is 0.686. The van der Waals surface area contributed by atoms with Gasteiger partial charge in [0.1, 0.15) is 0 Å². The summed E-state index contributed by atoms with van der Waals surface area (Å²) >= 11 is 0. The van der Waals surface area contributed by atoms with Crippen molar-refractivity contribution in [2.45, 2.75) is 122 Å². The van der Waals surface area contributed by atoms with Gasteiger partial charge in [0.15, 0.2) is 0 Å². The molecule has 0 aromatic carbocycles. The molecule has 1 aromatic heterocycles. The maximum atomic E-state index is 5.22. The van der Waals surface area contributed by atoms with E-state index < -0.39 is 0 Å². The summed E-state index contributed by atoms with van der Waals surface area (Å²) in [6, 6.07) is 6.75. The van der Waals surface area contributed by atoms with Crippen molar-refractivity contribution in [2.24, 2.45) is 0 Å². The van der Waals surface area contributed by atoms with Crippen LogP contribution in [0.4, 0.5) is 0 Å². The number of aromatic nitrogens is 1. The summed E-state index contributed by atoms with van der Waals surface area (Å²) in [5.74, 6) is 0. The van der Waals surface area contributed by atoms with E-state index in [4.69, 9.17) is 4.98 Å². The first-order valence-electron chi connectivity index (χ1n) is 10.4. The Bertz CT molecular complexity index is 581. The van der Waals surface area contributed by atoms with E-state index in [1.165, 1.54) is 11.4 Å². The predicted molar refractivity (Wildman–Crippen MR) is 129 cm³/mol. The van der Waals surface area contributed by atoms with Gasteiger partial charge < -0.3 is 0 Å². The van der Waals surface area contributed by atoms with Crippen LogP contribution < -0.4 is 0 Å². The first kappa shape index (κ1) is 25.0. The van der Waals surface area contributed by atoms with Gasteiger partial charge in [0.25, 0.3) is 0 Å². The van der Waals surface area contributed by atoms with E-state index in [1.54, 1.807) is 0 Å². The number of pyridine rings is 1. The average molecular weight is 410 g/mol. The van der Waals surface area contributed by atoms with Gasteiger partial charge in [0.2, 0.25) is 0 Å². The number of nitrogens with zero attached hydrogens (tertiary/aromatic N) is 1. The highest BCUT2D eigenvalue weighted by Gasteiger charge is 2.39. The minimum Gasteiger partial charge on any atom is -0.257 e. The van der Waals surface area contributed by atoms with Crippen LogP contribution in [0.15, 0.2) is 18.2 Å². The van der Waals surface area contributed by atoms with Gasteiger partial charge in [-0.05, 0) is 32.8 Å². The summed E-state index contributed by atoms with van der Waals surface area (Å²) in [4.78, 5) is 5.22. The molecule has 0 fully saturated rings. The molecule has 1 aromatic rings. The molecule has 0 N–H and O–H groups in total. The van der Waals surface area contributed by atoms with Crippen LogP contribution in [-0.4, -0.2) is 25.6 Å². The van der Waals surface area contributed by atoms with E-state index in [-0.39, 0.29) is 15.8 Å². The summed E-state index contributed by atoms with van der Waals surface area (Å²) in [7, 11) is -0.384. The summed E-state index contributed by atoms with van der Waals surface area (Å²) in [5, 5.41) is 1.29. The fourth-order valence-corrected chi connectivity index (χ4v) is 13.0. The third-order valence-electron chi connectivity index (χ3n) is 5.03. The Labute approximate surface area is 173 Å². The van der Waals surface area contributed by atoms with Crippen LogP contribution in [0.1, 0.15) is 107 Å². The average Bonchev–Trinajstić information content (AvgIpc) is 2.39. The molecular weight excluding hydrogens is 364 g/mol. The second-order valence-electron chi connectivity index (χ2n) is 11.9. The van der Waals surface area contributed by atoms with Gasteiger partial charge in [-0.15, -0.1) is 0 Å². The predicted octanol–water partition coefficient (Wildman–Crippen LogP) is 8.80. The van der Waals surface area contributed by atoms with E-state index >= 15 is 0 Å². The zero-order valence-corrected chi connectivity index (χ0v) is 22.1. The molecule has 0 amide bonds. The summed E-state index contributed by atoms with van der Waals surface area (Å²) in [6.45, 7) is 31.2. The van der Waals surface area contributed by atoms with Gasteiger partial charge in [-0.3, -0.25) is 4.98 Å². The summed E-state index contributed by atoms with van der Waals surface area (Å²) in [6.07, 6.45) is 1.12. The standard InChI is InChI=1S/C24H45NP2/c1-18(27(23(8,9)10)24(11,12)13)20-16-14-15-19(25-20)17-26(21(2,3)4)22(5,6)7/h14-16,18H,17H2,1-13H3. The largest absolute Gasteiger partial charge is 0.257 e. The Kier molecular flexibility index (Phi) is 7.79. The number of rotatable bonds is 4. The molecule has 1 atom stereocenters. The van der Waals surface area contributed by atoms with Crippen LogP contribution in [0.2, 0.25) is 0 Å². The molecule has 0 spiro atoms. The Morgan fingerprint density at radius 3 is 1.56 bits per heavy atom. The minimum absolute atomic E-state index is 0.168. The lowest BCUT2D eigenvalue weighted by Gasteiger charge is -2.45. The Morgan fingerprint density at radius 1 is 0.741 bits per heavy atom. The van der Waals surface area contributed by atoms with Crippen LogP contribution in [0, 0.1) is 0 Å². The van der Waals surface area contributed by atoms with E-state index in [2.05, 4.69) is 108 Å². The highest BCUT2D eigenvalue weighted by molar-refractivity contribution is 7.61. The number of hydrogen-bond acceptors (Lipinski definition) is 1. The van der Waals surface area contributed by atoms with Crippen molar-refractivity contribution in [1.29, 1.82) is 0 Å². The molecule has 1 nitrogen and oxygen atoms in total. The first-order valence-corrected chi connectivity index (χ1v) is 13.3. The fourth-order valence-electron chi connectivity index (χ4n) is 4.76. The molecule has 0 saturated carbocycles. The SMILES string of the molecule is CC(c1cccc(CP(C(C)(C)C)C(C)(C)C)n1)P(C(C)(C)C)C(C)(C)C. The van der Waals surface area contributed by atoms with Crippen LogP contribution in [-0.2, 0) is 6.16 Å². The van der Waals surface area contributed by atoms with Gasteiger partial charge in [0, 0.05) is 23.2 Å². The third-order valence-corrected chi connectivity index (χ3v) is 12.8. The number of hydrogen-bond donors (Lipinski definition) is 0. The molecule has 3 heteroatoms. The van der Waals surface area contributed by atoms with Gasteiger partial charge >= 0.3 is 0 Å². The molecule has 1 heterocycles. The molecule has 0 bridgehead atoms. The fraction of sp³-hybridized carbons (Fsp3) is 0.792. The molecular formula is C24H45NP2. The summed E-state index contributed by atoms with van der Waals surface area (Å²) in [5.41, 5.74) is 3.09. The molecule has 0 saturated heterocycles. The van der Waals surface area contributed by atoms with E-state index in [0.717, 1.165) is 6.16 Å². The van der Waals surface area contributed by atoms with Gasteiger partial charge in [0.05, 0.1) is 0 Å². The van der Waals surface area contributed by atoms with Crippen molar-refractivity contribution in [3.8, 4) is 0 Å². The smallest absolute Gasteiger partial charge is 0.0478 e. The zero-order chi connectivity index (χ0) is 21.4. The van der Waals surface area contributed by atoms with Crippen LogP contribution in [0.5, 0.6) is 0 Å². The van der Waals surface area contributed by atoms with Crippen molar-refractivity contribution < 1.29 is 0 Å². The molecule has 27 heavy (non-hydrogen) atoms. The van der Waals surface area contributed by atoms with E-state index in [0.29, 0.717) is 26.3 Å². The van der Waals surface area contributed by atoms with Crippen molar-refractivity contribution in [2.75, 3.05) is 0 Å². The molecule has 0 aliphatic carbocycles. The second-order valence-corrected chi connectivity index (χ2v) is 19.9. The van der Waals surface area contributed by atoms with Crippen LogP contribution in [0.25, 0.3) is 0 Å². The van der Waals surface area contributed by atoms with Crippen LogP contribution in [0.3, 0.4) is 0 Å². The minimum atomic E-state index is -0.215. The van der Waals surface area contributed by atoms with Crippen molar-refractivity contribution in [3.05, 3.63) is 29.6 Å². The van der Waals surface area contributed by atoms with Crippen molar-refractivity contribution >= 4 is 15.8 Å². The first-order chi connectivity index (χ1) is 11.8.